The molecule has 3 amide bonds. The molecule has 39 heavy (non-hydrogen) atoms. The Bertz CT molecular complexity index is 1290. The van der Waals surface area contributed by atoms with Crippen LogP contribution >= 0.6 is 23.2 Å². The lowest BCUT2D eigenvalue weighted by Gasteiger charge is -2.38. The van der Waals surface area contributed by atoms with Gasteiger partial charge in [-0.25, -0.2) is 4.79 Å². The van der Waals surface area contributed by atoms with E-state index in [9.17, 15) is 9.59 Å². The Kier molecular flexibility index (Phi) is 9.75. The second kappa shape index (κ2) is 13.4. The first kappa shape index (κ1) is 28.4. The van der Waals surface area contributed by atoms with Crippen molar-refractivity contribution in [3.05, 3.63) is 76.3 Å². The van der Waals surface area contributed by atoms with E-state index in [1.807, 2.05) is 30.3 Å². The molecule has 9 nitrogen and oxygen atoms in total. The van der Waals surface area contributed by atoms with Gasteiger partial charge in [0.15, 0.2) is 0 Å². The van der Waals surface area contributed by atoms with Crippen molar-refractivity contribution >= 4 is 57.9 Å². The Morgan fingerprint density at radius 3 is 2.18 bits per heavy atom. The van der Waals surface area contributed by atoms with Gasteiger partial charge in [-0.3, -0.25) is 4.79 Å². The number of nitrogens with zero attached hydrogens (tertiary/aromatic N) is 2. The maximum Gasteiger partial charge on any atom is 0.323 e. The normalized spacial score (nSPS) is 13.1. The molecular weight excluding hydrogens is 541 g/mol. The predicted octanol–water partition coefficient (Wildman–Crippen LogP) is 5.35. The zero-order valence-electron chi connectivity index (χ0n) is 21.8. The van der Waals surface area contributed by atoms with E-state index in [1.165, 1.54) is 0 Å². The summed E-state index contributed by atoms with van der Waals surface area (Å²) in [5.74, 6) is 0.573. The predicted molar refractivity (Wildman–Crippen MR) is 157 cm³/mol. The summed E-state index contributed by atoms with van der Waals surface area (Å²) in [4.78, 5) is 30.3. The first-order valence-corrected chi connectivity index (χ1v) is 13.2. The van der Waals surface area contributed by atoms with Gasteiger partial charge in [0.25, 0.3) is 5.91 Å². The van der Waals surface area contributed by atoms with Gasteiger partial charge in [0.05, 0.1) is 40.7 Å². The third kappa shape index (κ3) is 7.06. The van der Waals surface area contributed by atoms with Crippen LogP contribution in [0.25, 0.3) is 0 Å². The first-order chi connectivity index (χ1) is 18.9. The number of carbonyl (C=O) groups excluding carboxylic acids is 2. The van der Waals surface area contributed by atoms with E-state index in [0.717, 1.165) is 30.2 Å². The number of benzene rings is 3. The Labute approximate surface area is 238 Å². The van der Waals surface area contributed by atoms with Crippen LogP contribution in [0.5, 0.6) is 5.75 Å². The van der Waals surface area contributed by atoms with Crippen LogP contribution in [0.4, 0.5) is 27.5 Å². The van der Waals surface area contributed by atoms with Crippen LogP contribution < -0.4 is 30.5 Å². The molecule has 1 aliphatic rings. The molecule has 1 aliphatic heterocycles. The first-order valence-electron chi connectivity index (χ1n) is 12.5. The number of methoxy groups -OCH3 is 2. The van der Waals surface area contributed by atoms with Gasteiger partial charge < -0.3 is 35.2 Å². The van der Waals surface area contributed by atoms with Crippen molar-refractivity contribution in [3.8, 4) is 5.75 Å². The van der Waals surface area contributed by atoms with Crippen LogP contribution in [0.3, 0.4) is 0 Å². The molecule has 0 aliphatic carbocycles. The average Bonchev–Trinajstić information content (AvgIpc) is 2.95. The summed E-state index contributed by atoms with van der Waals surface area (Å²) >= 11 is 12.3. The third-order valence-electron chi connectivity index (χ3n) is 6.34. The molecule has 1 heterocycles. The van der Waals surface area contributed by atoms with E-state index in [1.54, 1.807) is 44.6 Å². The van der Waals surface area contributed by atoms with Crippen molar-refractivity contribution in [2.75, 3.05) is 74.0 Å². The summed E-state index contributed by atoms with van der Waals surface area (Å²) < 4.78 is 10.6. The van der Waals surface area contributed by atoms with Crippen molar-refractivity contribution < 1.29 is 19.1 Å². The van der Waals surface area contributed by atoms with Crippen LogP contribution in [-0.4, -0.2) is 65.5 Å². The van der Waals surface area contributed by atoms with Crippen LogP contribution in [-0.2, 0) is 4.74 Å². The van der Waals surface area contributed by atoms with Crippen LogP contribution in [0, 0.1) is 0 Å². The van der Waals surface area contributed by atoms with Gasteiger partial charge in [0.1, 0.15) is 5.75 Å². The minimum atomic E-state index is -0.533. The van der Waals surface area contributed by atoms with Crippen LogP contribution in [0.1, 0.15) is 10.4 Å². The maximum absolute atomic E-state index is 13.2. The Balaban J connectivity index is 1.51. The van der Waals surface area contributed by atoms with E-state index in [-0.39, 0.29) is 5.91 Å². The highest BCUT2D eigenvalue weighted by Gasteiger charge is 2.24. The number of rotatable bonds is 9. The minimum absolute atomic E-state index is 0.257. The summed E-state index contributed by atoms with van der Waals surface area (Å²) in [5, 5.41) is 8.95. The number of ether oxygens (including phenoxy) is 2. The molecule has 1 saturated heterocycles. The second-order valence-electron chi connectivity index (χ2n) is 8.80. The van der Waals surface area contributed by atoms with Crippen LogP contribution in [0.15, 0.2) is 60.7 Å². The molecule has 3 N–H and O–H groups in total. The monoisotopic (exact) mass is 571 g/mol. The van der Waals surface area contributed by atoms with Crippen molar-refractivity contribution in [3.63, 3.8) is 0 Å². The van der Waals surface area contributed by atoms with Crippen molar-refractivity contribution in [1.29, 1.82) is 0 Å². The van der Waals surface area contributed by atoms with Gasteiger partial charge >= 0.3 is 6.03 Å². The zero-order valence-corrected chi connectivity index (χ0v) is 23.3. The van der Waals surface area contributed by atoms with E-state index >= 15 is 0 Å². The average molecular weight is 572 g/mol. The van der Waals surface area contributed by atoms with E-state index in [4.69, 9.17) is 32.7 Å². The topological polar surface area (TPSA) is 95.2 Å². The van der Waals surface area contributed by atoms with Gasteiger partial charge in [-0.05, 0) is 42.5 Å². The molecular formula is C28H31Cl2N5O4. The molecule has 3 aromatic carbocycles. The lowest BCUT2D eigenvalue weighted by atomic mass is 10.1. The largest absolute Gasteiger partial charge is 0.495 e. The van der Waals surface area contributed by atoms with Gasteiger partial charge in [-0.1, -0.05) is 41.4 Å². The second-order valence-corrected chi connectivity index (χ2v) is 9.62. The third-order valence-corrected chi connectivity index (χ3v) is 6.97. The molecule has 1 fully saturated rings. The number of hydrogen-bond acceptors (Lipinski definition) is 6. The van der Waals surface area contributed by atoms with Gasteiger partial charge in [-0.2, -0.15) is 0 Å². The number of para-hydroxylation sites is 3. The number of carbonyl (C=O) groups is 2. The fraction of sp³-hybridized carbons (Fsp3) is 0.286. The van der Waals surface area contributed by atoms with E-state index in [0.29, 0.717) is 53.2 Å². The smallest absolute Gasteiger partial charge is 0.323 e. The molecule has 206 valence electrons. The van der Waals surface area contributed by atoms with Gasteiger partial charge in [-0.15, -0.1) is 0 Å². The van der Waals surface area contributed by atoms with Gasteiger partial charge in [0.2, 0.25) is 0 Å². The summed E-state index contributed by atoms with van der Waals surface area (Å²) in [6.07, 6.45) is 0. The number of anilines is 4. The summed E-state index contributed by atoms with van der Waals surface area (Å²) in [5.41, 5.74) is 3.03. The Morgan fingerprint density at radius 2 is 1.51 bits per heavy atom. The highest BCUT2D eigenvalue weighted by atomic mass is 35.5. The molecule has 0 saturated carbocycles. The van der Waals surface area contributed by atoms with E-state index in [2.05, 4.69) is 25.8 Å². The SMILES string of the molecule is COCCNC(=O)c1cc(NC(=O)Nc2c(Cl)cccc2Cl)ccc1N1CCN(c2ccccc2OC)CC1. The molecule has 0 aromatic heterocycles. The fourth-order valence-electron chi connectivity index (χ4n) is 4.41. The lowest BCUT2D eigenvalue weighted by Crippen LogP contribution is -2.47. The molecule has 0 bridgehead atoms. The fourth-order valence-corrected chi connectivity index (χ4v) is 4.90. The molecule has 4 rings (SSSR count). The minimum Gasteiger partial charge on any atom is -0.495 e. The number of urea groups is 1. The van der Waals surface area contributed by atoms with Crippen LogP contribution in [0.2, 0.25) is 10.0 Å². The quantitative estimate of drug-likeness (QED) is 0.300. The lowest BCUT2D eigenvalue weighted by molar-refractivity contribution is 0.0937. The molecule has 0 radical (unpaired) electrons. The highest BCUT2D eigenvalue weighted by Crippen LogP contribution is 2.32. The summed E-state index contributed by atoms with van der Waals surface area (Å²) in [6.45, 7) is 3.67. The maximum atomic E-state index is 13.2. The molecule has 3 aromatic rings. The Hall–Kier alpha value is -3.66. The number of nitrogens with one attached hydrogen (secondary N) is 3. The highest BCUT2D eigenvalue weighted by molar-refractivity contribution is 6.39. The summed E-state index contributed by atoms with van der Waals surface area (Å²) in [7, 11) is 3.25. The number of piperazine rings is 1. The summed E-state index contributed by atoms with van der Waals surface area (Å²) in [6, 6.07) is 17.6. The zero-order chi connectivity index (χ0) is 27.8. The van der Waals surface area contributed by atoms with Crippen molar-refractivity contribution in [2.45, 2.75) is 0 Å². The molecule has 0 atom stereocenters. The molecule has 0 unspecified atom stereocenters. The number of halogens is 2. The molecule has 11 heteroatoms. The standard InChI is InChI=1S/C28H31Cl2N5O4/c1-38-17-12-31-27(36)20-18-19(32-28(37)33-26-21(29)6-5-7-22(26)30)10-11-23(20)34-13-15-35(16-14-34)24-8-3-4-9-25(24)39-2/h3-11,18H,12-17H2,1-2H3,(H,31,36)(H2,32,33,37). The Morgan fingerprint density at radius 1 is 0.846 bits per heavy atom. The number of hydrogen-bond donors (Lipinski definition) is 3. The van der Waals surface area contributed by atoms with E-state index < -0.39 is 6.03 Å². The number of amides is 3. The van der Waals surface area contributed by atoms with Crippen molar-refractivity contribution in [1.82, 2.24) is 5.32 Å². The molecule has 0 spiro atoms. The van der Waals surface area contributed by atoms with Gasteiger partial charge in [0, 0.05) is 51.2 Å². The van der Waals surface area contributed by atoms with Crippen molar-refractivity contribution in [2.24, 2.45) is 0 Å².